The van der Waals surface area contributed by atoms with Gasteiger partial charge in [0.05, 0.1) is 23.0 Å². The number of rotatable bonds is 6. The Kier molecular flexibility index (Phi) is 7.26. The third-order valence-electron chi connectivity index (χ3n) is 6.74. The van der Waals surface area contributed by atoms with Crippen molar-refractivity contribution in [2.75, 3.05) is 43.4 Å². The second-order valence-corrected chi connectivity index (χ2v) is 9.88. The summed E-state index contributed by atoms with van der Waals surface area (Å²) in [5.74, 6) is -0.774. The summed E-state index contributed by atoms with van der Waals surface area (Å²) in [4.78, 5) is 30.4. The highest BCUT2D eigenvalue weighted by Gasteiger charge is 2.21. The molecule has 190 valence electrons. The van der Waals surface area contributed by atoms with Gasteiger partial charge < -0.3 is 19.7 Å². The number of anilines is 2. The second kappa shape index (κ2) is 10.7. The molecule has 8 heteroatoms. The monoisotopic (exact) mass is 518 g/mol. The van der Waals surface area contributed by atoms with Gasteiger partial charge in [-0.3, -0.25) is 9.59 Å². The summed E-state index contributed by atoms with van der Waals surface area (Å²) in [6.45, 7) is 3.56. The van der Waals surface area contributed by atoms with Crippen molar-refractivity contribution in [1.29, 1.82) is 0 Å². The van der Waals surface area contributed by atoms with Crippen LogP contribution in [0.1, 0.15) is 11.1 Å². The highest BCUT2D eigenvalue weighted by molar-refractivity contribution is 6.30. The Hall–Kier alpha value is -3.68. The molecule has 0 saturated carbocycles. The molecule has 1 fully saturated rings. The Morgan fingerprint density at radius 3 is 2.38 bits per heavy atom. The van der Waals surface area contributed by atoms with E-state index in [0.29, 0.717) is 35.9 Å². The van der Waals surface area contributed by atoms with Gasteiger partial charge in [0.15, 0.2) is 0 Å². The van der Waals surface area contributed by atoms with Crippen LogP contribution in [0.2, 0.25) is 5.02 Å². The van der Waals surface area contributed by atoms with Gasteiger partial charge in [0.25, 0.3) is 0 Å². The highest BCUT2D eigenvalue weighted by atomic mass is 35.5. The topological polar surface area (TPSA) is 57.6 Å². The first-order valence-corrected chi connectivity index (χ1v) is 12.6. The number of amides is 1. The zero-order valence-corrected chi connectivity index (χ0v) is 21.3. The molecule has 0 aliphatic carbocycles. The fraction of sp³-hybridized carbons (Fsp3) is 0.241. The van der Waals surface area contributed by atoms with Gasteiger partial charge in [0.2, 0.25) is 11.3 Å². The van der Waals surface area contributed by atoms with Gasteiger partial charge in [0, 0.05) is 43.9 Å². The number of carbonyl (C=O) groups excluding carboxylic acids is 1. The van der Waals surface area contributed by atoms with E-state index < -0.39 is 11.2 Å². The van der Waals surface area contributed by atoms with Crippen LogP contribution in [0.3, 0.4) is 0 Å². The van der Waals surface area contributed by atoms with Crippen molar-refractivity contribution in [2.45, 2.75) is 13.0 Å². The molecule has 1 aliphatic rings. The Balaban J connectivity index is 1.54. The van der Waals surface area contributed by atoms with E-state index in [2.05, 4.69) is 10.2 Å². The Bertz CT molecular complexity index is 1480. The predicted octanol–water partition coefficient (Wildman–Crippen LogP) is 4.78. The second-order valence-electron chi connectivity index (χ2n) is 9.45. The van der Waals surface area contributed by atoms with Crippen LogP contribution in [-0.4, -0.2) is 48.6 Å². The number of carbonyl (C=O) groups is 1. The number of benzene rings is 3. The summed E-state index contributed by atoms with van der Waals surface area (Å²) in [6, 6.07) is 19.9. The molecule has 0 bridgehead atoms. The summed E-state index contributed by atoms with van der Waals surface area (Å²) in [5, 5.41) is 3.57. The number of fused-ring (bicyclic) bond motifs is 1. The zero-order valence-electron chi connectivity index (χ0n) is 20.6. The van der Waals surface area contributed by atoms with Crippen LogP contribution in [0, 0.1) is 5.82 Å². The molecule has 1 amide bonds. The molecule has 5 rings (SSSR count). The molecular weight excluding hydrogens is 491 g/mol. The van der Waals surface area contributed by atoms with Crippen molar-refractivity contribution in [2.24, 2.45) is 0 Å². The summed E-state index contributed by atoms with van der Waals surface area (Å²) in [5.41, 5.74) is 2.62. The summed E-state index contributed by atoms with van der Waals surface area (Å²) in [7, 11) is 2.05. The molecule has 1 aromatic heterocycles. The number of pyridine rings is 1. The molecular formula is C29H28ClFN4O2. The first-order chi connectivity index (χ1) is 17.9. The zero-order chi connectivity index (χ0) is 25.9. The highest BCUT2D eigenvalue weighted by Crippen LogP contribution is 2.27. The van der Waals surface area contributed by atoms with Crippen molar-refractivity contribution in [1.82, 2.24) is 9.47 Å². The van der Waals surface area contributed by atoms with Gasteiger partial charge in [-0.2, -0.15) is 0 Å². The molecule has 0 atom stereocenters. The van der Waals surface area contributed by atoms with Crippen LogP contribution < -0.4 is 15.6 Å². The molecule has 37 heavy (non-hydrogen) atoms. The Morgan fingerprint density at radius 2 is 1.68 bits per heavy atom. The third kappa shape index (κ3) is 5.68. The van der Waals surface area contributed by atoms with E-state index in [1.54, 1.807) is 36.5 Å². The minimum absolute atomic E-state index is 0.0873. The van der Waals surface area contributed by atoms with Crippen molar-refractivity contribution in [3.63, 3.8) is 0 Å². The lowest BCUT2D eigenvalue weighted by molar-refractivity contribution is -0.115. The first kappa shape index (κ1) is 25.0. The van der Waals surface area contributed by atoms with Gasteiger partial charge in [-0.1, -0.05) is 54.1 Å². The molecule has 1 N–H and O–H groups in total. The minimum atomic E-state index is -0.440. The van der Waals surface area contributed by atoms with Crippen molar-refractivity contribution in [3.05, 3.63) is 105 Å². The SMILES string of the molecule is CN1CCN(c2cc3c(cc2F)c(=O)c(NC(=O)Cc2ccc(Cl)cc2)cn3Cc2ccccc2)CC1. The minimum Gasteiger partial charge on any atom is -0.367 e. The van der Waals surface area contributed by atoms with Crippen LogP contribution in [0.15, 0.2) is 77.7 Å². The standard InChI is InChI=1S/C29H28ClFN4O2/c1-33-11-13-34(14-12-33)27-17-26-23(16-24(27)31)29(37)25(19-35(26)18-21-5-3-2-4-6-21)32-28(36)15-20-7-9-22(30)10-8-20/h2-10,16-17,19H,11-15,18H2,1H3,(H,32,36). The van der Waals surface area contributed by atoms with Gasteiger partial charge in [0.1, 0.15) is 11.5 Å². The number of nitrogens with one attached hydrogen (secondary N) is 1. The fourth-order valence-electron chi connectivity index (χ4n) is 4.67. The number of hydrogen-bond donors (Lipinski definition) is 1. The van der Waals surface area contributed by atoms with Crippen LogP contribution in [0.4, 0.5) is 15.8 Å². The van der Waals surface area contributed by atoms with E-state index in [1.165, 1.54) is 6.07 Å². The number of halogens is 2. The Labute approximate surface area is 219 Å². The number of nitrogens with zero attached hydrogens (tertiary/aromatic N) is 3. The number of aromatic nitrogens is 1. The molecule has 0 radical (unpaired) electrons. The maximum atomic E-state index is 15.4. The molecule has 0 unspecified atom stereocenters. The third-order valence-corrected chi connectivity index (χ3v) is 6.99. The van der Waals surface area contributed by atoms with Gasteiger partial charge in [-0.25, -0.2) is 4.39 Å². The van der Waals surface area contributed by atoms with E-state index in [0.717, 1.165) is 24.2 Å². The lowest BCUT2D eigenvalue weighted by Gasteiger charge is -2.34. The number of piperazine rings is 1. The number of likely N-dealkylation sites (N-methyl/N-ethyl adjacent to an activating group) is 1. The molecule has 6 nitrogen and oxygen atoms in total. The summed E-state index contributed by atoms with van der Waals surface area (Å²) < 4.78 is 17.3. The Morgan fingerprint density at radius 1 is 0.973 bits per heavy atom. The van der Waals surface area contributed by atoms with Crippen molar-refractivity contribution in [3.8, 4) is 0 Å². The molecule has 2 heterocycles. The van der Waals surface area contributed by atoms with Crippen LogP contribution in [-0.2, 0) is 17.8 Å². The molecule has 3 aromatic carbocycles. The average molecular weight is 519 g/mol. The first-order valence-electron chi connectivity index (χ1n) is 12.3. The summed E-state index contributed by atoms with van der Waals surface area (Å²) in [6.07, 6.45) is 1.74. The van der Waals surface area contributed by atoms with Crippen LogP contribution >= 0.6 is 11.6 Å². The van der Waals surface area contributed by atoms with E-state index >= 15 is 4.39 Å². The van der Waals surface area contributed by atoms with Gasteiger partial charge in [-0.05, 0) is 42.4 Å². The molecule has 1 saturated heterocycles. The lowest BCUT2D eigenvalue weighted by Crippen LogP contribution is -2.44. The fourth-order valence-corrected chi connectivity index (χ4v) is 4.80. The maximum Gasteiger partial charge on any atom is 0.228 e. The van der Waals surface area contributed by atoms with E-state index in [-0.39, 0.29) is 23.4 Å². The lowest BCUT2D eigenvalue weighted by atomic mass is 10.1. The number of hydrogen-bond acceptors (Lipinski definition) is 4. The molecule has 4 aromatic rings. The van der Waals surface area contributed by atoms with E-state index in [4.69, 9.17) is 11.6 Å². The predicted molar refractivity (Wildman–Crippen MR) is 147 cm³/mol. The van der Waals surface area contributed by atoms with Crippen LogP contribution in [0.25, 0.3) is 10.9 Å². The largest absolute Gasteiger partial charge is 0.367 e. The molecule has 1 aliphatic heterocycles. The van der Waals surface area contributed by atoms with Gasteiger partial charge >= 0.3 is 0 Å². The maximum absolute atomic E-state index is 15.4. The van der Waals surface area contributed by atoms with Crippen molar-refractivity contribution >= 4 is 39.8 Å². The summed E-state index contributed by atoms with van der Waals surface area (Å²) >= 11 is 5.94. The van der Waals surface area contributed by atoms with E-state index in [1.807, 2.05) is 46.8 Å². The van der Waals surface area contributed by atoms with Gasteiger partial charge in [-0.15, -0.1) is 0 Å². The smallest absolute Gasteiger partial charge is 0.228 e. The quantitative estimate of drug-likeness (QED) is 0.399. The average Bonchev–Trinajstić information content (AvgIpc) is 2.89. The molecule has 0 spiro atoms. The van der Waals surface area contributed by atoms with Crippen LogP contribution in [0.5, 0.6) is 0 Å². The van der Waals surface area contributed by atoms with E-state index in [9.17, 15) is 9.59 Å². The van der Waals surface area contributed by atoms with Crippen molar-refractivity contribution < 1.29 is 9.18 Å². The normalized spacial score (nSPS) is 14.2.